The van der Waals surface area contributed by atoms with E-state index in [2.05, 4.69) is 15.6 Å². The summed E-state index contributed by atoms with van der Waals surface area (Å²) < 4.78 is 14.2. The van der Waals surface area contributed by atoms with Crippen LogP contribution in [0.4, 0.5) is 4.39 Å². The highest BCUT2D eigenvalue weighted by molar-refractivity contribution is 5.91. The van der Waals surface area contributed by atoms with E-state index in [1.54, 1.807) is 12.1 Å². The zero-order valence-electron chi connectivity index (χ0n) is 15.6. The lowest BCUT2D eigenvalue weighted by Gasteiger charge is -2.10. The maximum absolute atomic E-state index is 14.2. The predicted molar refractivity (Wildman–Crippen MR) is 106 cm³/mol. The van der Waals surface area contributed by atoms with Gasteiger partial charge in [0.2, 0.25) is 11.8 Å². The molecule has 0 unspecified atom stereocenters. The van der Waals surface area contributed by atoms with Crippen molar-refractivity contribution in [1.82, 2.24) is 15.6 Å². The molecule has 144 valence electrons. The van der Waals surface area contributed by atoms with Crippen molar-refractivity contribution >= 4 is 22.7 Å². The Morgan fingerprint density at radius 2 is 2.07 bits per heavy atom. The second-order valence-corrected chi connectivity index (χ2v) is 7.27. The summed E-state index contributed by atoms with van der Waals surface area (Å²) in [4.78, 5) is 26.7. The quantitative estimate of drug-likeness (QED) is 0.634. The van der Waals surface area contributed by atoms with Crippen LogP contribution in [0.15, 0.2) is 42.5 Å². The number of halogens is 1. The lowest BCUT2D eigenvalue weighted by Crippen LogP contribution is -2.33. The van der Waals surface area contributed by atoms with Gasteiger partial charge in [0, 0.05) is 41.9 Å². The third-order valence-corrected chi connectivity index (χ3v) is 5.27. The molecule has 0 saturated carbocycles. The second-order valence-electron chi connectivity index (χ2n) is 7.27. The van der Waals surface area contributed by atoms with Gasteiger partial charge in [0.05, 0.1) is 5.69 Å². The van der Waals surface area contributed by atoms with E-state index in [4.69, 9.17) is 0 Å². The Hall–Kier alpha value is -3.15. The molecular weight excluding hydrogens is 357 g/mol. The zero-order valence-corrected chi connectivity index (χ0v) is 15.6. The van der Waals surface area contributed by atoms with Crippen LogP contribution in [0, 0.1) is 12.7 Å². The van der Waals surface area contributed by atoms with Crippen LogP contribution in [0.25, 0.3) is 22.2 Å². The SMILES string of the molecule is Cc1c(-c2ccccc2F)[nH]c2ccc(CNC(=O)C[C@@H]3CCC(=O)N3)cc12. The smallest absolute Gasteiger partial charge is 0.222 e. The molecule has 1 atom stereocenters. The number of amides is 2. The topological polar surface area (TPSA) is 74.0 Å². The predicted octanol–water partition coefficient (Wildman–Crippen LogP) is 3.57. The van der Waals surface area contributed by atoms with Crippen LogP contribution in [0.3, 0.4) is 0 Å². The highest BCUT2D eigenvalue weighted by atomic mass is 19.1. The molecular formula is C22H22FN3O2. The Kier molecular flexibility index (Phi) is 4.86. The Morgan fingerprint density at radius 1 is 1.25 bits per heavy atom. The molecule has 0 radical (unpaired) electrons. The van der Waals surface area contributed by atoms with Gasteiger partial charge in [-0.25, -0.2) is 4.39 Å². The van der Waals surface area contributed by atoms with Gasteiger partial charge in [-0.05, 0) is 48.7 Å². The van der Waals surface area contributed by atoms with Crippen molar-refractivity contribution in [1.29, 1.82) is 0 Å². The van der Waals surface area contributed by atoms with Crippen molar-refractivity contribution in [2.45, 2.75) is 38.8 Å². The lowest BCUT2D eigenvalue weighted by molar-refractivity contribution is -0.121. The molecule has 1 fully saturated rings. The summed E-state index contributed by atoms with van der Waals surface area (Å²) in [5.74, 6) is -0.328. The minimum absolute atomic E-state index is 0.0110. The van der Waals surface area contributed by atoms with Gasteiger partial charge >= 0.3 is 0 Å². The van der Waals surface area contributed by atoms with Gasteiger partial charge in [-0.15, -0.1) is 0 Å². The average Bonchev–Trinajstić information content (AvgIpc) is 3.23. The molecule has 2 heterocycles. The van der Waals surface area contributed by atoms with Crippen LogP contribution in [-0.2, 0) is 16.1 Å². The number of carbonyl (C=O) groups is 2. The molecule has 0 spiro atoms. The number of rotatable bonds is 5. The van der Waals surface area contributed by atoms with Crippen LogP contribution in [-0.4, -0.2) is 22.8 Å². The first-order chi connectivity index (χ1) is 13.5. The standard InChI is InChI=1S/C22H22FN3O2/c1-13-17-10-14(12-24-21(28)11-15-7-9-20(27)25-15)6-8-19(17)26-22(13)16-4-2-3-5-18(16)23/h2-6,8,10,15,26H,7,9,11-12H2,1H3,(H,24,28)(H,25,27)/t15-/m0/s1. The maximum atomic E-state index is 14.2. The Bertz CT molecular complexity index is 1060. The van der Waals surface area contributed by atoms with E-state index in [1.165, 1.54) is 6.07 Å². The van der Waals surface area contributed by atoms with Gasteiger partial charge < -0.3 is 15.6 Å². The van der Waals surface area contributed by atoms with Crippen molar-refractivity contribution in [3.8, 4) is 11.3 Å². The fraction of sp³-hybridized carbons (Fsp3) is 0.273. The van der Waals surface area contributed by atoms with Crippen molar-refractivity contribution in [3.05, 3.63) is 59.4 Å². The van der Waals surface area contributed by atoms with Crippen LogP contribution in [0.2, 0.25) is 0 Å². The van der Waals surface area contributed by atoms with Crippen LogP contribution < -0.4 is 10.6 Å². The van der Waals surface area contributed by atoms with E-state index >= 15 is 0 Å². The molecule has 6 heteroatoms. The molecule has 0 bridgehead atoms. The summed E-state index contributed by atoms with van der Waals surface area (Å²) in [5.41, 5.74) is 4.19. The third-order valence-electron chi connectivity index (χ3n) is 5.27. The number of nitrogens with one attached hydrogen (secondary N) is 3. The zero-order chi connectivity index (χ0) is 19.7. The summed E-state index contributed by atoms with van der Waals surface area (Å²) in [7, 11) is 0. The number of hydrogen-bond acceptors (Lipinski definition) is 2. The molecule has 3 aromatic rings. The molecule has 4 rings (SSSR count). The number of carbonyl (C=O) groups excluding carboxylic acids is 2. The van der Waals surface area contributed by atoms with E-state index in [9.17, 15) is 14.0 Å². The first kappa shape index (κ1) is 18.2. The fourth-order valence-corrected chi connectivity index (χ4v) is 3.74. The largest absolute Gasteiger partial charge is 0.354 e. The van der Waals surface area contributed by atoms with E-state index in [-0.39, 0.29) is 23.7 Å². The molecule has 1 aromatic heterocycles. The van der Waals surface area contributed by atoms with E-state index in [0.717, 1.165) is 27.7 Å². The number of fused-ring (bicyclic) bond motifs is 1. The summed E-state index contributed by atoms with van der Waals surface area (Å²) >= 11 is 0. The highest BCUT2D eigenvalue weighted by Crippen LogP contribution is 2.31. The van der Waals surface area contributed by atoms with Crippen molar-refractivity contribution in [2.75, 3.05) is 0 Å². The lowest BCUT2D eigenvalue weighted by atomic mass is 10.0. The minimum Gasteiger partial charge on any atom is -0.354 e. The van der Waals surface area contributed by atoms with Gasteiger partial charge in [-0.3, -0.25) is 9.59 Å². The van der Waals surface area contributed by atoms with Crippen molar-refractivity contribution in [2.24, 2.45) is 0 Å². The summed E-state index contributed by atoms with van der Waals surface area (Å²) in [5, 5.41) is 6.72. The molecule has 3 N–H and O–H groups in total. The maximum Gasteiger partial charge on any atom is 0.222 e. The van der Waals surface area contributed by atoms with E-state index in [1.807, 2.05) is 31.2 Å². The number of aryl methyl sites for hydroxylation is 1. The van der Waals surface area contributed by atoms with Gasteiger partial charge in [0.1, 0.15) is 5.82 Å². The molecule has 5 nitrogen and oxygen atoms in total. The monoisotopic (exact) mass is 379 g/mol. The number of H-pyrrole nitrogens is 1. The minimum atomic E-state index is -0.261. The van der Waals surface area contributed by atoms with E-state index in [0.29, 0.717) is 31.4 Å². The number of hydrogen-bond donors (Lipinski definition) is 3. The Balaban J connectivity index is 1.49. The van der Waals surface area contributed by atoms with Gasteiger partial charge in [0.15, 0.2) is 0 Å². The number of aromatic amines is 1. The first-order valence-corrected chi connectivity index (χ1v) is 9.43. The molecule has 1 saturated heterocycles. The summed E-state index contributed by atoms with van der Waals surface area (Å²) in [6.45, 7) is 2.38. The second kappa shape index (κ2) is 7.46. The average molecular weight is 379 g/mol. The normalized spacial score (nSPS) is 16.4. The molecule has 2 amide bonds. The summed E-state index contributed by atoms with van der Waals surface area (Å²) in [6, 6.07) is 12.6. The van der Waals surface area contributed by atoms with Crippen LogP contribution in [0.1, 0.15) is 30.4 Å². The van der Waals surface area contributed by atoms with Gasteiger partial charge in [0.25, 0.3) is 0 Å². The van der Waals surface area contributed by atoms with E-state index < -0.39 is 0 Å². The molecule has 1 aliphatic rings. The Morgan fingerprint density at radius 3 is 2.82 bits per heavy atom. The van der Waals surface area contributed by atoms with Crippen molar-refractivity contribution < 1.29 is 14.0 Å². The van der Waals surface area contributed by atoms with Crippen molar-refractivity contribution in [3.63, 3.8) is 0 Å². The third kappa shape index (κ3) is 3.63. The van der Waals surface area contributed by atoms with Crippen LogP contribution >= 0.6 is 0 Å². The number of benzene rings is 2. The fourth-order valence-electron chi connectivity index (χ4n) is 3.74. The van der Waals surface area contributed by atoms with Gasteiger partial charge in [-0.1, -0.05) is 18.2 Å². The molecule has 2 aromatic carbocycles. The van der Waals surface area contributed by atoms with Crippen LogP contribution in [0.5, 0.6) is 0 Å². The molecule has 1 aliphatic heterocycles. The molecule has 0 aliphatic carbocycles. The first-order valence-electron chi connectivity index (χ1n) is 9.43. The Labute approximate surface area is 162 Å². The number of aromatic nitrogens is 1. The van der Waals surface area contributed by atoms with Gasteiger partial charge in [-0.2, -0.15) is 0 Å². The molecule has 28 heavy (non-hydrogen) atoms. The highest BCUT2D eigenvalue weighted by Gasteiger charge is 2.23. The summed E-state index contributed by atoms with van der Waals surface area (Å²) in [6.07, 6.45) is 1.50.